The van der Waals surface area contributed by atoms with E-state index < -0.39 is 0 Å². The van der Waals surface area contributed by atoms with Crippen molar-refractivity contribution in [1.82, 2.24) is 4.90 Å². The average Bonchev–Trinajstić information content (AvgIpc) is 2.26. The minimum atomic E-state index is -0.250. The number of nitrogens with zero attached hydrogens (tertiary/aromatic N) is 1. The highest BCUT2D eigenvalue weighted by atomic mass is 16.1. The van der Waals surface area contributed by atoms with Crippen LogP contribution in [0.15, 0.2) is 30.3 Å². The van der Waals surface area contributed by atoms with Gasteiger partial charge in [0.1, 0.15) is 0 Å². The summed E-state index contributed by atoms with van der Waals surface area (Å²) in [5.41, 5.74) is 6.46. The third kappa shape index (κ3) is 3.35. The lowest BCUT2D eigenvalue weighted by Gasteiger charge is -2.24. The molecule has 0 heterocycles. The van der Waals surface area contributed by atoms with E-state index in [1.165, 1.54) is 0 Å². The van der Waals surface area contributed by atoms with E-state index in [9.17, 15) is 4.79 Å². The fraction of sp³-hybridized carbons (Fsp3) is 0.462. The summed E-state index contributed by atoms with van der Waals surface area (Å²) in [5, 5.41) is 0. The third-order valence-electron chi connectivity index (χ3n) is 3.00. The number of amides is 1. The molecule has 3 heteroatoms. The second-order valence-electron chi connectivity index (χ2n) is 4.41. The van der Waals surface area contributed by atoms with Crippen molar-refractivity contribution >= 4 is 5.91 Å². The van der Waals surface area contributed by atoms with Crippen molar-refractivity contribution in [3.05, 3.63) is 35.9 Å². The highest BCUT2D eigenvalue weighted by molar-refractivity contribution is 5.81. The molecule has 2 unspecified atom stereocenters. The predicted molar refractivity (Wildman–Crippen MR) is 66.1 cm³/mol. The molecule has 2 N–H and O–H groups in total. The molecule has 1 rings (SSSR count). The standard InChI is InChI=1S/C13H20N2O/c1-10(15(2)3)9-12(13(14)16)11-7-5-4-6-8-11/h4-8,10,12H,9H2,1-3H3,(H2,14,16). The summed E-state index contributed by atoms with van der Waals surface area (Å²) >= 11 is 0. The first-order valence-electron chi connectivity index (χ1n) is 5.53. The molecule has 1 aromatic carbocycles. The molecule has 1 amide bonds. The van der Waals surface area contributed by atoms with Crippen LogP contribution in [0.25, 0.3) is 0 Å². The second-order valence-corrected chi connectivity index (χ2v) is 4.41. The number of carbonyl (C=O) groups excluding carboxylic acids is 1. The van der Waals surface area contributed by atoms with E-state index in [-0.39, 0.29) is 11.8 Å². The normalized spacial score (nSPS) is 14.8. The van der Waals surface area contributed by atoms with Crippen LogP contribution in [0, 0.1) is 0 Å². The molecule has 0 saturated heterocycles. The van der Waals surface area contributed by atoms with Crippen molar-refractivity contribution < 1.29 is 4.79 Å². The maximum absolute atomic E-state index is 11.5. The van der Waals surface area contributed by atoms with E-state index >= 15 is 0 Å². The topological polar surface area (TPSA) is 46.3 Å². The van der Waals surface area contributed by atoms with Gasteiger partial charge in [0.2, 0.25) is 5.91 Å². The van der Waals surface area contributed by atoms with Gasteiger partial charge in [-0.1, -0.05) is 30.3 Å². The Morgan fingerprint density at radius 1 is 1.31 bits per heavy atom. The molecule has 0 aliphatic heterocycles. The van der Waals surface area contributed by atoms with Crippen LogP contribution in [-0.2, 0) is 4.79 Å². The van der Waals surface area contributed by atoms with E-state index in [2.05, 4.69) is 11.8 Å². The van der Waals surface area contributed by atoms with Crippen molar-refractivity contribution in [3.8, 4) is 0 Å². The van der Waals surface area contributed by atoms with Crippen LogP contribution in [0.2, 0.25) is 0 Å². The zero-order valence-electron chi connectivity index (χ0n) is 10.2. The van der Waals surface area contributed by atoms with Gasteiger partial charge >= 0.3 is 0 Å². The molecule has 3 nitrogen and oxygen atoms in total. The lowest BCUT2D eigenvalue weighted by atomic mass is 9.92. The summed E-state index contributed by atoms with van der Waals surface area (Å²) in [6.45, 7) is 2.10. The van der Waals surface area contributed by atoms with Gasteiger partial charge in [-0.2, -0.15) is 0 Å². The number of carbonyl (C=O) groups is 1. The largest absolute Gasteiger partial charge is 0.369 e. The van der Waals surface area contributed by atoms with Crippen LogP contribution in [0.4, 0.5) is 0 Å². The number of hydrogen-bond acceptors (Lipinski definition) is 2. The number of hydrogen-bond donors (Lipinski definition) is 1. The fourth-order valence-electron chi connectivity index (χ4n) is 1.65. The van der Waals surface area contributed by atoms with E-state index in [0.29, 0.717) is 6.04 Å². The van der Waals surface area contributed by atoms with Gasteiger partial charge in [-0.15, -0.1) is 0 Å². The summed E-state index contributed by atoms with van der Waals surface area (Å²) in [6.07, 6.45) is 0.756. The third-order valence-corrected chi connectivity index (χ3v) is 3.00. The fourth-order valence-corrected chi connectivity index (χ4v) is 1.65. The van der Waals surface area contributed by atoms with Crippen molar-refractivity contribution in [3.63, 3.8) is 0 Å². The second kappa shape index (κ2) is 5.66. The zero-order chi connectivity index (χ0) is 12.1. The highest BCUT2D eigenvalue weighted by Gasteiger charge is 2.21. The first kappa shape index (κ1) is 12.7. The van der Waals surface area contributed by atoms with Crippen LogP contribution in [0.3, 0.4) is 0 Å². The molecule has 0 radical (unpaired) electrons. The summed E-state index contributed by atoms with van der Waals surface area (Å²) in [6, 6.07) is 10.1. The molecule has 0 spiro atoms. The Labute approximate surface area is 97.2 Å². The summed E-state index contributed by atoms with van der Waals surface area (Å²) in [7, 11) is 4.02. The van der Waals surface area contributed by atoms with E-state index in [0.717, 1.165) is 12.0 Å². The summed E-state index contributed by atoms with van der Waals surface area (Å²) in [5.74, 6) is -0.446. The zero-order valence-corrected chi connectivity index (χ0v) is 10.2. The Kier molecular flexibility index (Phi) is 4.50. The Hall–Kier alpha value is -1.35. The molecular formula is C13H20N2O. The van der Waals surface area contributed by atoms with Crippen molar-refractivity contribution in [2.45, 2.75) is 25.3 Å². The van der Waals surface area contributed by atoms with Gasteiger partial charge in [0.05, 0.1) is 5.92 Å². The molecule has 0 aliphatic carbocycles. The smallest absolute Gasteiger partial charge is 0.225 e. The minimum Gasteiger partial charge on any atom is -0.369 e. The van der Waals surface area contributed by atoms with Crippen LogP contribution in [0.5, 0.6) is 0 Å². The lowest BCUT2D eigenvalue weighted by Crippen LogP contribution is -2.31. The van der Waals surface area contributed by atoms with Crippen molar-refractivity contribution in [2.75, 3.05) is 14.1 Å². The Morgan fingerprint density at radius 3 is 2.31 bits per heavy atom. The SMILES string of the molecule is CC(CC(C(N)=O)c1ccccc1)N(C)C. The van der Waals surface area contributed by atoms with Gasteiger partial charge < -0.3 is 10.6 Å². The van der Waals surface area contributed by atoms with Gasteiger partial charge in [0.15, 0.2) is 0 Å². The van der Waals surface area contributed by atoms with E-state index in [1.54, 1.807) is 0 Å². The lowest BCUT2D eigenvalue weighted by molar-refractivity contribution is -0.119. The van der Waals surface area contributed by atoms with Gasteiger partial charge in [0, 0.05) is 6.04 Å². The minimum absolute atomic E-state index is 0.196. The van der Waals surface area contributed by atoms with Crippen LogP contribution in [0.1, 0.15) is 24.8 Å². The Balaban J connectivity index is 2.81. The molecule has 0 aromatic heterocycles. The van der Waals surface area contributed by atoms with Crippen molar-refractivity contribution in [1.29, 1.82) is 0 Å². The van der Waals surface area contributed by atoms with Gasteiger partial charge in [-0.3, -0.25) is 4.79 Å². The van der Waals surface area contributed by atoms with Crippen molar-refractivity contribution in [2.24, 2.45) is 5.73 Å². The van der Waals surface area contributed by atoms with Gasteiger partial charge in [0.25, 0.3) is 0 Å². The molecule has 1 aromatic rings. The molecule has 0 aliphatic rings. The molecule has 0 fully saturated rings. The van der Waals surface area contributed by atoms with Crippen LogP contribution in [-0.4, -0.2) is 30.9 Å². The number of nitrogens with two attached hydrogens (primary N) is 1. The Morgan fingerprint density at radius 2 is 1.88 bits per heavy atom. The first-order valence-corrected chi connectivity index (χ1v) is 5.53. The van der Waals surface area contributed by atoms with Crippen LogP contribution >= 0.6 is 0 Å². The molecule has 0 saturated carbocycles. The molecule has 88 valence electrons. The van der Waals surface area contributed by atoms with Gasteiger partial charge in [-0.05, 0) is 33.0 Å². The first-order chi connectivity index (χ1) is 7.52. The summed E-state index contributed by atoms with van der Waals surface area (Å²) < 4.78 is 0. The molecule has 16 heavy (non-hydrogen) atoms. The molecule has 0 bridgehead atoms. The Bertz CT molecular complexity index is 335. The number of benzene rings is 1. The highest BCUT2D eigenvalue weighted by Crippen LogP contribution is 2.21. The predicted octanol–water partition coefficient (Wildman–Crippen LogP) is 1.60. The number of primary amides is 1. The summed E-state index contributed by atoms with van der Waals surface area (Å²) in [4.78, 5) is 13.6. The number of rotatable bonds is 5. The maximum Gasteiger partial charge on any atom is 0.225 e. The average molecular weight is 220 g/mol. The van der Waals surface area contributed by atoms with Crippen LogP contribution < -0.4 is 5.73 Å². The molecule has 2 atom stereocenters. The van der Waals surface area contributed by atoms with E-state index in [1.807, 2.05) is 44.4 Å². The monoisotopic (exact) mass is 220 g/mol. The van der Waals surface area contributed by atoms with Gasteiger partial charge in [-0.25, -0.2) is 0 Å². The van der Waals surface area contributed by atoms with E-state index in [4.69, 9.17) is 5.73 Å². The maximum atomic E-state index is 11.5. The molecular weight excluding hydrogens is 200 g/mol. The quantitative estimate of drug-likeness (QED) is 0.819.